The van der Waals surface area contributed by atoms with Gasteiger partial charge in [-0.15, -0.1) is 11.6 Å². The Bertz CT molecular complexity index is 647. The molecule has 0 spiro atoms. The number of hydrogen-bond acceptors (Lipinski definition) is 4. The van der Waals surface area contributed by atoms with Gasteiger partial charge in [-0.1, -0.05) is 30.3 Å². The predicted molar refractivity (Wildman–Crippen MR) is 105 cm³/mol. The van der Waals surface area contributed by atoms with Crippen LogP contribution in [0.3, 0.4) is 0 Å². The van der Waals surface area contributed by atoms with E-state index in [4.69, 9.17) is 11.6 Å². The first-order valence-corrected chi connectivity index (χ1v) is 11.2. The van der Waals surface area contributed by atoms with Gasteiger partial charge in [0.15, 0.2) is 0 Å². The van der Waals surface area contributed by atoms with Crippen molar-refractivity contribution in [2.75, 3.05) is 50.9 Å². The second-order valence-corrected chi connectivity index (χ2v) is 8.90. The van der Waals surface area contributed by atoms with Crippen molar-refractivity contribution in [2.45, 2.75) is 19.3 Å². The minimum Gasteiger partial charge on any atom is -0.355 e. The highest BCUT2D eigenvalue weighted by Crippen LogP contribution is 2.09. The standard InChI is InChI=1S/C18H28ClN3O3S/c19-9-4-7-18(23)20-10-16-26(24,25)22-14-12-21(13-15-22)11-8-17-5-2-1-3-6-17/h1-3,5-6H,4,7-16H2,(H,20,23). The maximum atomic E-state index is 12.4. The maximum Gasteiger partial charge on any atom is 0.220 e. The van der Waals surface area contributed by atoms with Gasteiger partial charge in [-0.3, -0.25) is 4.79 Å². The summed E-state index contributed by atoms with van der Waals surface area (Å²) in [5.41, 5.74) is 1.30. The SMILES string of the molecule is O=C(CCCCl)NCCS(=O)(=O)N1CCN(CCc2ccccc2)CC1. The van der Waals surface area contributed by atoms with Crippen LogP contribution >= 0.6 is 11.6 Å². The molecular formula is C18H28ClN3O3S. The van der Waals surface area contributed by atoms with E-state index < -0.39 is 10.0 Å². The molecule has 0 aromatic heterocycles. The van der Waals surface area contributed by atoms with Gasteiger partial charge in [-0.2, -0.15) is 4.31 Å². The summed E-state index contributed by atoms with van der Waals surface area (Å²) >= 11 is 5.54. The molecule has 0 radical (unpaired) electrons. The molecule has 1 aliphatic heterocycles. The number of rotatable bonds is 10. The first kappa shape index (κ1) is 21.2. The first-order chi connectivity index (χ1) is 12.5. The summed E-state index contributed by atoms with van der Waals surface area (Å²) in [6, 6.07) is 10.3. The molecule has 1 aliphatic rings. The lowest BCUT2D eigenvalue weighted by atomic mass is 10.1. The number of carbonyl (C=O) groups is 1. The van der Waals surface area contributed by atoms with Crippen LogP contribution < -0.4 is 5.32 Å². The third kappa shape index (κ3) is 7.23. The summed E-state index contributed by atoms with van der Waals surface area (Å²) in [5, 5.41) is 2.65. The molecule has 8 heteroatoms. The summed E-state index contributed by atoms with van der Waals surface area (Å²) in [6.07, 6.45) is 1.91. The van der Waals surface area contributed by atoms with E-state index in [-0.39, 0.29) is 18.2 Å². The predicted octanol–water partition coefficient (Wildman–Crippen LogP) is 1.31. The van der Waals surface area contributed by atoms with E-state index >= 15 is 0 Å². The molecule has 1 amide bonds. The molecule has 1 fully saturated rings. The topological polar surface area (TPSA) is 69.7 Å². The summed E-state index contributed by atoms with van der Waals surface area (Å²) in [5.74, 6) is 0.232. The summed E-state index contributed by atoms with van der Waals surface area (Å²) < 4.78 is 26.3. The molecule has 6 nitrogen and oxygen atoms in total. The van der Waals surface area contributed by atoms with Crippen LogP contribution in [0, 0.1) is 0 Å². The van der Waals surface area contributed by atoms with E-state index in [9.17, 15) is 13.2 Å². The molecule has 1 N–H and O–H groups in total. The number of piperazine rings is 1. The Morgan fingerprint density at radius 1 is 1.12 bits per heavy atom. The van der Waals surface area contributed by atoms with Crippen molar-refractivity contribution in [3.05, 3.63) is 35.9 Å². The molecule has 0 bridgehead atoms. The van der Waals surface area contributed by atoms with Crippen LogP contribution in [0.2, 0.25) is 0 Å². The second-order valence-electron chi connectivity index (χ2n) is 6.43. The minimum absolute atomic E-state index is 0.0520. The number of halogens is 1. The molecule has 26 heavy (non-hydrogen) atoms. The van der Waals surface area contributed by atoms with Crippen molar-refractivity contribution in [2.24, 2.45) is 0 Å². The van der Waals surface area contributed by atoms with Gasteiger partial charge in [0.25, 0.3) is 0 Å². The van der Waals surface area contributed by atoms with Crippen LogP contribution in [-0.2, 0) is 21.2 Å². The molecule has 0 aliphatic carbocycles. The Balaban J connectivity index is 1.68. The zero-order valence-corrected chi connectivity index (χ0v) is 16.6. The number of alkyl halides is 1. The first-order valence-electron chi connectivity index (χ1n) is 9.08. The monoisotopic (exact) mass is 401 g/mol. The van der Waals surface area contributed by atoms with Crippen LogP contribution in [-0.4, -0.2) is 74.4 Å². The summed E-state index contributed by atoms with van der Waals surface area (Å²) in [7, 11) is -3.32. The van der Waals surface area contributed by atoms with Gasteiger partial charge >= 0.3 is 0 Å². The van der Waals surface area contributed by atoms with Crippen molar-refractivity contribution in [3.8, 4) is 0 Å². The molecule has 146 valence electrons. The zero-order valence-electron chi connectivity index (χ0n) is 15.1. The van der Waals surface area contributed by atoms with Crippen molar-refractivity contribution in [1.29, 1.82) is 0 Å². The molecular weight excluding hydrogens is 374 g/mol. The number of benzene rings is 1. The molecule has 1 aromatic carbocycles. The summed E-state index contributed by atoms with van der Waals surface area (Å²) in [6.45, 7) is 3.60. The van der Waals surface area contributed by atoms with Crippen LogP contribution in [0.1, 0.15) is 18.4 Å². The smallest absolute Gasteiger partial charge is 0.220 e. The lowest BCUT2D eigenvalue weighted by molar-refractivity contribution is -0.120. The summed E-state index contributed by atoms with van der Waals surface area (Å²) in [4.78, 5) is 13.8. The van der Waals surface area contributed by atoms with Gasteiger partial charge in [0.05, 0.1) is 5.75 Å². The van der Waals surface area contributed by atoms with Crippen molar-refractivity contribution in [1.82, 2.24) is 14.5 Å². The molecule has 2 rings (SSSR count). The highest BCUT2D eigenvalue weighted by molar-refractivity contribution is 7.89. The van der Waals surface area contributed by atoms with E-state index in [2.05, 4.69) is 22.3 Å². The fraction of sp³-hybridized carbons (Fsp3) is 0.611. The molecule has 0 unspecified atom stereocenters. The van der Waals surface area contributed by atoms with E-state index in [1.54, 1.807) is 0 Å². The van der Waals surface area contributed by atoms with Crippen LogP contribution in [0.4, 0.5) is 0 Å². The highest BCUT2D eigenvalue weighted by atomic mass is 35.5. The number of hydrogen-bond donors (Lipinski definition) is 1. The van der Waals surface area contributed by atoms with E-state index in [1.807, 2.05) is 18.2 Å². The fourth-order valence-corrected chi connectivity index (χ4v) is 4.40. The molecule has 1 aromatic rings. The largest absolute Gasteiger partial charge is 0.355 e. The zero-order chi connectivity index (χ0) is 18.8. The van der Waals surface area contributed by atoms with Gasteiger partial charge in [-0.25, -0.2) is 8.42 Å². The van der Waals surface area contributed by atoms with Crippen LogP contribution in [0.5, 0.6) is 0 Å². The lowest BCUT2D eigenvalue weighted by Gasteiger charge is -2.34. The number of nitrogens with one attached hydrogen (secondary N) is 1. The molecule has 0 saturated carbocycles. The number of amides is 1. The molecule has 0 atom stereocenters. The van der Waals surface area contributed by atoms with Crippen molar-refractivity contribution >= 4 is 27.5 Å². The third-order valence-electron chi connectivity index (χ3n) is 4.50. The van der Waals surface area contributed by atoms with E-state index in [0.29, 0.717) is 31.8 Å². The average molecular weight is 402 g/mol. The molecule has 1 saturated heterocycles. The Labute approximate surface area is 161 Å². The Kier molecular flexibility index (Phi) is 8.84. The Morgan fingerprint density at radius 3 is 2.46 bits per heavy atom. The minimum atomic E-state index is -3.32. The number of carbonyl (C=O) groups excluding carboxylic acids is 1. The highest BCUT2D eigenvalue weighted by Gasteiger charge is 2.26. The number of sulfonamides is 1. The van der Waals surface area contributed by atoms with E-state index in [1.165, 1.54) is 9.87 Å². The fourth-order valence-electron chi connectivity index (χ4n) is 2.93. The second kappa shape index (κ2) is 10.9. The maximum absolute atomic E-state index is 12.4. The Hall–Kier alpha value is -1.15. The van der Waals surface area contributed by atoms with Gasteiger partial charge in [0, 0.05) is 51.6 Å². The number of nitrogens with zero attached hydrogens (tertiary/aromatic N) is 2. The van der Waals surface area contributed by atoms with Crippen molar-refractivity contribution < 1.29 is 13.2 Å². The van der Waals surface area contributed by atoms with Crippen LogP contribution in [0.15, 0.2) is 30.3 Å². The van der Waals surface area contributed by atoms with Gasteiger partial charge in [-0.05, 0) is 18.4 Å². The van der Waals surface area contributed by atoms with Gasteiger partial charge in [0.1, 0.15) is 0 Å². The lowest BCUT2D eigenvalue weighted by Crippen LogP contribution is -2.50. The van der Waals surface area contributed by atoms with Crippen LogP contribution in [0.25, 0.3) is 0 Å². The quantitative estimate of drug-likeness (QED) is 0.600. The normalized spacial score (nSPS) is 16.5. The van der Waals surface area contributed by atoms with Crippen molar-refractivity contribution in [3.63, 3.8) is 0 Å². The molecule has 1 heterocycles. The van der Waals surface area contributed by atoms with Gasteiger partial charge in [0.2, 0.25) is 15.9 Å². The van der Waals surface area contributed by atoms with Gasteiger partial charge < -0.3 is 10.2 Å². The third-order valence-corrected chi connectivity index (χ3v) is 6.64. The van der Waals surface area contributed by atoms with E-state index in [0.717, 1.165) is 26.1 Å². The average Bonchev–Trinajstić information content (AvgIpc) is 2.66. The Morgan fingerprint density at radius 2 is 1.81 bits per heavy atom.